The van der Waals surface area contributed by atoms with Crippen LogP contribution in [0.5, 0.6) is 0 Å². The van der Waals surface area contributed by atoms with Gasteiger partial charge in [0.05, 0.1) is 12.5 Å². The lowest BCUT2D eigenvalue weighted by molar-refractivity contribution is 0.627. The monoisotopic (exact) mass is 255 g/mol. The molecule has 0 bridgehead atoms. The van der Waals surface area contributed by atoms with Gasteiger partial charge in [0.15, 0.2) is 0 Å². The zero-order chi connectivity index (χ0) is 13.8. The molecule has 2 rings (SSSR count). The topological polar surface area (TPSA) is 61.8 Å². The maximum Gasteiger partial charge on any atom is 0.125 e. The average molecular weight is 255 g/mol. The first kappa shape index (κ1) is 12.9. The van der Waals surface area contributed by atoms with Crippen molar-refractivity contribution in [1.29, 1.82) is 5.26 Å². The molecule has 2 aromatic rings. The third-order valence-electron chi connectivity index (χ3n) is 2.74. The molecule has 4 heteroatoms. The second-order valence-electron chi connectivity index (χ2n) is 4.39. The van der Waals surface area contributed by atoms with E-state index < -0.39 is 0 Å². The predicted molar refractivity (Wildman–Crippen MR) is 74.6 cm³/mol. The fourth-order valence-corrected chi connectivity index (χ4v) is 1.90. The smallest absolute Gasteiger partial charge is 0.125 e. The van der Waals surface area contributed by atoms with Gasteiger partial charge in [-0.25, -0.2) is 4.39 Å². The van der Waals surface area contributed by atoms with E-state index in [9.17, 15) is 4.39 Å². The van der Waals surface area contributed by atoms with Crippen LogP contribution in [-0.4, -0.2) is 0 Å². The number of hydrogen-bond donors (Lipinski definition) is 2. The van der Waals surface area contributed by atoms with E-state index in [1.165, 1.54) is 12.1 Å². The quantitative estimate of drug-likeness (QED) is 0.825. The Morgan fingerprint density at radius 2 is 2.00 bits per heavy atom. The van der Waals surface area contributed by atoms with Gasteiger partial charge >= 0.3 is 0 Å². The number of rotatable bonds is 3. The Labute approximate surface area is 111 Å². The molecular formula is C15H14FN3. The van der Waals surface area contributed by atoms with E-state index in [4.69, 9.17) is 11.0 Å². The highest BCUT2D eigenvalue weighted by molar-refractivity contribution is 5.65. The van der Waals surface area contributed by atoms with E-state index in [-0.39, 0.29) is 12.2 Å². The Balaban J connectivity index is 2.28. The van der Waals surface area contributed by atoms with Crippen LogP contribution in [0.1, 0.15) is 11.1 Å². The molecule has 0 radical (unpaired) electrons. The summed E-state index contributed by atoms with van der Waals surface area (Å²) in [5.41, 5.74) is 9.42. The van der Waals surface area contributed by atoms with Crippen LogP contribution < -0.4 is 11.1 Å². The van der Waals surface area contributed by atoms with Crippen LogP contribution in [0.3, 0.4) is 0 Å². The molecule has 0 unspecified atom stereocenters. The molecule has 0 saturated carbocycles. The highest BCUT2D eigenvalue weighted by Crippen LogP contribution is 2.23. The molecule has 3 nitrogen and oxygen atoms in total. The van der Waals surface area contributed by atoms with Crippen molar-refractivity contribution in [2.75, 3.05) is 11.1 Å². The second kappa shape index (κ2) is 5.40. The SMILES string of the molecule is Cc1cc(F)cc(Nc2ccc(N)c(CC#N)c2)c1. The lowest BCUT2D eigenvalue weighted by Gasteiger charge is -2.10. The number of benzene rings is 2. The minimum absolute atomic E-state index is 0.254. The summed E-state index contributed by atoms with van der Waals surface area (Å²) in [7, 11) is 0. The third kappa shape index (κ3) is 3.23. The van der Waals surface area contributed by atoms with Crippen LogP contribution >= 0.6 is 0 Å². The van der Waals surface area contributed by atoms with Crippen molar-refractivity contribution in [2.24, 2.45) is 0 Å². The van der Waals surface area contributed by atoms with Gasteiger partial charge in [-0.05, 0) is 54.4 Å². The zero-order valence-corrected chi connectivity index (χ0v) is 10.6. The number of nitriles is 1. The molecule has 0 aromatic heterocycles. The van der Waals surface area contributed by atoms with E-state index in [0.717, 1.165) is 16.8 Å². The molecule has 0 amide bonds. The Morgan fingerprint density at radius 3 is 2.68 bits per heavy atom. The van der Waals surface area contributed by atoms with Gasteiger partial charge in [0.1, 0.15) is 5.82 Å². The molecule has 0 aliphatic rings. The number of nitrogens with zero attached hydrogens (tertiary/aromatic N) is 1. The maximum absolute atomic E-state index is 13.3. The number of nitrogen functional groups attached to an aromatic ring is 1. The minimum Gasteiger partial charge on any atom is -0.398 e. The number of anilines is 3. The van der Waals surface area contributed by atoms with Gasteiger partial charge < -0.3 is 11.1 Å². The molecular weight excluding hydrogens is 241 g/mol. The third-order valence-corrected chi connectivity index (χ3v) is 2.74. The first-order chi connectivity index (χ1) is 9.08. The summed E-state index contributed by atoms with van der Waals surface area (Å²) in [6.07, 6.45) is 0.254. The van der Waals surface area contributed by atoms with E-state index in [2.05, 4.69) is 11.4 Å². The molecule has 96 valence electrons. The molecule has 0 heterocycles. The lowest BCUT2D eigenvalue weighted by atomic mass is 10.1. The van der Waals surface area contributed by atoms with Crippen molar-refractivity contribution in [3.8, 4) is 6.07 Å². The van der Waals surface area contributed by atoms with Crippen molar-refractivity contribution in [3.63, 3.8) is 0 Å². The predicted octanol–water partition coefficient (Wildman–Crippen LogP) is 3.53. The summed E-state index contributed by atoms with van der Waals surface area (Å²) in [4.78, 5) is 0. The minimum atomic E-state index is -0.282. The van der Waals surface area contributed by atoms with Gasteiger partial charge in [-0.2, -0.15) is 5.26 Å². The zero-order valence-electron chi connectivity index (χ0n) is 10.6. The number of nitrogens with one attached hydrogen (secondary N) is 1. The normalized spacial score (nSPS) is 9.95. The number of aryl methyl sites for hydroxylation is 1. The largest absolute Gasteiger partial charge is 0.398 e. The average Bonchev–Trinajstić information content (AvgIpc) is 2.32. The first-order valence-corrected chi connectivity index (χ1v) is 5.88. The van der Waals surface area contributed by atoms with Crippen molar-refractivity contribution in [2.45, 2.75) is 13.3 Å². The molecule has 0 aliphatic carbocycles. The Bertz CT molecular complexity index is 624. The van der Waals surface area contributed by atoms with Crippen molar-refractivity contribution >= 4 is 17.1 Å². The van der Waals surface area contributed by atoms with Gasteiger partial charge in [-0.15, -0.1) is 0 Å². The van der Waals surface area contributed by atoms with Gasteiger partial charge in [0.2, 0.25) is 0 Å². The van der Waals surface area contributed by atoms with Gasteiger partial charge in [0, 0.05) is 17.1 Å². The Kier molecular flexibility index (Phi) is 3.67. The summed E-state index contributed by atoms with van der Waals surface area (Å²) in [5, 5.41) is 11.8. The lowest BCUT2D eigenvalue weighted by Crippen LogP contribution is -1.97. The molecule has 0 spiro atoms. The van der Waals surface area contributed by atoms with E-state index in [0.29, 0.717) is 11.4 Å². The molecule has 19 heavy (non-hydrogen) atoms. The summed E-state index contributed by atoms with van der Waals surface area (Å²) in [5.74, 6) is -0.282. The van der Waals surface area contributed by atoms with E-state index in [1.807, 2.05) is 13.0 Å². The van der Waals surface area contributed by atoms with Gasteiger partial charge in [0.25, 0.3) is 0 Å². The fraction of sp³-hybridized carbons (Fsp3) is 0.133. The maximum atomic E-state index is 13.3. The van der Waals surface area contributed by atoms with Gasteiger partial charge in [-0.1, -0.05) is 0 Å². The molecule has 0 atom stereocenters. The first-order valence-electron chi connectivity index (χ1n) is 5.88. The second-order valence-corrected chi connectivity index (χ2v) is 4.39. The summed E-state index contributed by atoms with van der Waals surface area (Å²) >= 11 is 0. The van der Waals surface area contributed by atoms with Crippen molar-refractivity contribution in [3.05, 3.63) is 53.3 Å². The van der Waals surface area contributed by atoms with Crippen LogP contribution in [0.25, 0.3) is 0 Å². The fourth-order valence-electron chi connectivity index (χ4n) is 1.90. The van der Waals surface area contributed by atoms with E-state index in [1.54, 1.807) is 18.2 Å². The van der Waals surface area contributed by atoms with Crippen LogP contribution in [0, 0.1) is 24.1 Å². The van der Waals surface area contributed by atoms with E-state index >= 15 is 0 Å². The highest BCUT2D eigenvalue weighted by atomic mass is 19.1. The van der Waals surface area contributed by atoms with Crippen molar-refractivity contribution in [1.82, 2.24) is 0 Å². The van der Waals surface area contributed by atoms with Crippen LogP contribution in [0.15, 0.2) is 36.4 Å². The van der Waals surface area contributed by atoms with Crippen LogP contribution in [-0.2, 0) is 6.42 Å². The van der Waals surface area contributed by atoms with Crippen LogP contribution in [0.4, 0.5) is 21.5 Å². The molecule has 0 fully saturated rings. The Morgan fingerprint density at radius 1 is 1.21 bits per heavy atom. The van der Waals surface area contributed by atoms with Crippen LogP contribution in [0.2, 0.25) is 0 Å². The standard InChI is InChI=1S/C15H14FN3/c1-10-6-12(16)9-14(7-10)19-13-2-3-15(18)11(8-13)4-5-17/h2-3,6-9,19H,4,18H2,1H3. The summed E-state index contributed by atoms with van der Waals surface area (Å²) in [6.45, 7) is 1.83. The summed E-state index contributed by atoms with van der Waals surface area (Å²) in [6, 6.07) is 12.2. The number of hydrogen-bond acceptors (Lipinski definition) is 3. The highest BCUT2D eigenvalue weighted by Gasteiger charge is 2.03. The number of halogens is 1. The molecule has 3 N–H and O–H groups in total. The molecule has 2 aromatic carbocycles. The molecule has 0 aliphatic heterocycles. The molecule has 0 saturated heterocycles. The number of nitrogens with two attached hydrogens (primary N) is 1. The Hall–Kier alpha value is -2.54. The van der Waals surface area contributed by atoms with Gasteiger partial charge in [-0.3, -0.25) is 0 Å². The van der Waals surface area contributed by atoms with Crippen molar-refractivity contribution < 1.29 is 4.39 Å². The summed E-state index contributed by atoms with van der Waals surface area (Å²) < 4.78 is 13.3.